The summed E-state index contributed by atoms with van der Waals surface area (Å²) in [7, 11) is 0. The van der Waals surface area contributed by atoms with Crippen LogP contribution in [0.5, 0.6) is 0 Å². The maximum atomic E-state index is 10.7. The van der Waals surface area contributed by atoms with Crippen molar-refractivity contribution in [3.63, 3.8) is 0 Å². The number of hydrogen-bond donors (Lipinski definition) is 1. The molecule has 1 rings (SSSR count). The molecule has 0 heterocycles. The van der Waals surface area contributed by atoms with Crippen LogP contribution in [0.3, 0.4) is 0 Å². The predicted molar refractivity (Wildman–Crippen MR) is 55.4 cm³/mol. The second-order valence-corrected chi connectivity index (χ2v) is 3.66. The number of carbonyl (C=O) groups is 1. The van der Waals surface area contributed by atoms with Crippen LogP contribution in [-0.4, -0.2) is 11.1 Å². The summed E-state index contributed by atoms with van der Waals surface area (Å²) < 4.78 is 0.601. The van der Waals surface area contributed by atoms with Gasteiger partial charge in [0.05, 0.1) is 11.1 Å². The third-order valence-electron chi connectivity index (χ3n) is 1.68. The van der Waals surface area contributed by atoms with Gasteiger partial charge < -0.3 is 5.11 Å². The number of aromatic carboxylic acids is 1. The van der Waals surface area contributed by atoms with Gasteiger partial charge in [-0.25, -0.2) is 4.79 Å². The summed E-state index contributed by atoms with van der Waals surface area (Å²) in [5, 5.41) is 17.5. The molecular formula is C9H5BrClNO2. The minimum Gasteiger partial charge on any atom is -0.478 e. The van der Waals surface area contributed by atoms with E-state index >= 15 is 0 Å². The van der Waals surface area contributed by atoms with Crippen molar-refractivity contribution in [3.8, 4) is 6.07 Å². The Labute approximate surface area is 94.0 Å². The van der Waals surface area contributed by atoms with E-state index < -0.39 is 5.97 Å². The minimum atomic E-state index is -1.12. The quantitative estimate of drug-likeness (QED) is 0.844. The number of alkyl halides is 1. The molecule has 5 heteroatoms. The Morgan fingerprint density at radius 2 is 2.29 bits per heavy atom. The fraction of sp³-hybridized carbons (Fsp3) is 0.111. The van der Waals surface area contributed by atoms with Crippen molar-refractivity contribution >= 4 is 33.5 Å². The second kappa shape index (κ2) is 4.45. The predicted octanol–water partition coefficient (Wildman–Crippen LogP) is 2.76. The first-order chi connectivity index (χ1) is 6.60. The van der Waals surface area contributed by atoms with E-state index in [1.54, 1.807) is 0 Å². The van der Waals surface area contributed by atoms with Crippen LogP contribution in [0.2, 0.25) is 0 Å². The fourth-order valence-corrected chi connectivity index (χ4v) is 1.86. The molecule has 0 saturated heterocycles. The lowest BCUT2D eigenvalue weighted by molar-refractivity contribution is 0.0696. The van der Waals surface area contributed by atoms with Crippen molar-refractivity contribution in [1.29, 1.82) is 5.26 Å². The average molecular weight is 275 g/mol. The fourth-order valence-electron chi connectivity index (χ4n) is 0.990. The molecule has 3 nitrogen and oxygen atoms in total. The zero-order valence-electron chi connectivity index (χ0n) is 6.92. The first-order valence-corrected chi connectivity index (χ1v) is 4.94. The van der Waals surface area contributed by atoms with Gasteiger partial charge in [-0.15, -0.1) is 11.6 Å². The maximum absolute atomic E-state index is 10.7. The molecule has 72 valence electrons. The van der Waals surface area contributed by atoms with Gasteiger partial charge in [0, 0.05) is 10.4 Å². The number of carboxylic acid groups (broad SMARTS) is 1. The molecule has 0 aliphatic carbocycles. The zero-order chi connectivity index (χ0) is 10.7. The lowest BCUT2D eigenvalue weighted by Crippen LogP contribution is -2.01. The van der Waals surface area contributed by atoms with Crippen molar-refractivity contribution in [2.45, 2.75) is 5.88 Å². The number of hydrogen-bond acceptors (Lipinski definition) is 2. The summed E-state index contributed by atoms with van der Waals surface area (Å²) in [6.07, 6.45) is 0. The molecule has 1 aromatic rings. The van der Waals surface area contributed by atoms with E-state index in [-0.39, 0.29) is 17.0 Å². The molecule has 1 N–H and O–H groups in total. The number of rotatable bonds is 2. The molecule has 0 spiro atoms. The van der Waals surface area contributed by atoms with E-state index in [0.717, 1.165) is 0 Å². The minimum absolute atomic E-state index is 0.0201. The van der Waals surface area contributed by atoms with E-state index in [2.05, 4.69) is 15.9 Å². The number of halogens is 2. The summed E-state index contributed by atoms with van der Waals surface area (Å²) in [4.78, 5) is 10.7. The molecule has 14 heavy (non-hydrogen) atoms. The Morgan fingerprint density at radius 3 is 2.71 bits per heavy atom. The number of nitriles is 1. The SMILES string of the molecule is N#Cc1cc(CCl)c(Br)cc1C(=O)O. The number of nitrogens with zero attached hydrogens (tertiary/aromatic N) is 1. The summed E-state index contributed by atoms with van der Waals surface area (Å²) in [5.74, 6) is -0.891. The Bertz CT molecular complexity index is 426. The van der Waals surface area contributed by atoms with Crippen LogP contribution in [-0.2, 0) is 5.88 Å². The Hall–Kier alpha value is -1.05. The van der Waals surface area contributed by atoms with Crippen molar-refractivity contribution in [2.75, 3.05) is 0 Å². The van der Waals surface area contributed by atoms with Crippen molar-refractivity contribution in [1.82, 2.24) is 0 Å². The molecule has 0 fully saturated rings. The van der Waals surface area contributed by atoms with Crippen LogP contribution in [0.15, 0.2) is 16.6 Å². The molecule has 0 atom stereocenters. The second-order valence-electron chi connectivity index (χ2n) is 2.54. The van der Waals surface area contributed by atoms with E-state index in [4.69, 9.17) is 22.0 Å². The standard InChI is InChI=1S/C9H5BrClNO2/c10-8-2-7(9(13)14)6(4-12)1-5(8)3-11/h1-2H,3H2,(H,13,14). The summed E-state index contributed by atoms with van der Waals surface area (Å²) >= 11 is 8.79. The topological polar surface area (TPSA) is 61.1 Å². The molecule has 1 aromatic carbocycles. The summed E-state index contributed by atoms with van der Waals surface area (Å²) in [6.45, 7) is 0. The Balaban J connectivity index is 3.41. The highest BCUT2D eigenvalue weighted by atomic mass is 79.9. The molecule has 0 amide bonds. The monoisotopic (exact) mass is 273 g/mol. The van der Waals surface area contributed by atoms with Crippen LogP contribution in [0.25, 0.3) is 0 Å². The number of benzene rings is 1. The average Bonchev–Trinajstić information content (AvgIpc) is 2.17. The largest absolute Gasteiger partial charge is 0.478 e. The van der Waals surface area contributed by atoms with Gasteiger partial charge in [-0.05, 0) is 17.7 Å². The molecular weight excluding hydrogens is 269 g/mol. The first kappa shape index (κ1) is 11.0. The van der Waals surface area contributed by atoms with E-state index in [1.807, 2.05) is 6.07 Å². The van der Waals surface area contributed by atoms with Crippen molar-refractivity contribution in [3.05, 3.63) is 33.3 Å². The molecule has 0 aliphatic heterocycles. The first-order valence-electron chi connectivity index (χ1n) is 3.62. The van der Waals surface area contributed by atoms with E-state index in [1.165, 1.54) is 12.1 Å². The molecule has 0 aromatic heterocycles. The van der Waals surface area contributed by atoms with Gasteiger partial charge in [0.25, 0.3) is 0 Å². The van der Waals surface area contributed by atoms with Crippen molar-refractivity contribution < 1.29 is 9.90 Å². The van der Waals surface area contributed by atoms with E-state index in [9.17, 15) is 4.79 Å². The highest BCUT2D eigenvalue weighted by molar-refractivity contribution is 9.10. The van der Waals surface area contributed by atoms with Gasteiger partial charge in [0.15, 0.2) is 0 Å². The van der Waals surface area contributed by atoms with Crippen molar-refractivity contribution in [2.24, 2.45) is 0 Å². The maximum Gasteiger partial charge on any atom is 0.337 e. The van der Waals surface area contributed by atoms with Crippen LogP contribution < -0.4 is 0 Å². The molecule has 0 unspecified atom stereocenters. The highest BCUT2D eigenvalue weighted by Gasteiger charge is 2.12. The van der Waals surface area contributed by atoms with Crippen LogP contribution in [0, 0.1) is 11.3 Å². The lowest BCUT2D eigenvalue weighted by Gasteiger charge is -2.03. The van der Waals surface area contributed by atoms with E-state index in [0.29, 0.717) is 10.0 Å². The summed E-state index contributed by atoms with van der Waals surface area (Å²) in [6, 6.07) is 4.68. The molecule has 0 bridgehead atoms. The van der Waals surface area contributed by atoms with Gasteiger partial charge in [-0.1, -0.05) is 15.9 Å². The smallest absolute Gasteiger partial charge is 0.337 e. The molecule has 0 saturated carbocycles. The normalized spacial score (nSPS) is 9.50. The highest BCUT2D eigenvalue weighted by Crippen LogP contribution is 2.23. The van der Waals surface area contributed by atoms with Crippen LogP contribution >= 0.6 is 27.5 Å². The zero-order valence-corrected chi connectivity index (χ0v) is 9.26. The van der Waals surface area contributed by atoms with Crippen LogP contribution in [0.4, 0.5) is 0 Å². The third-order valence-corrected chi connectivity index (χ3v) is 2.71. The Morgan fingerprint density at radius 1 is 1.64 bits per heavy atom. The molecule has 0 aliphatic rings. The van der Waals surface area contributed by atoms with Gasteiger partial charge in [0.2, 0.25) is 0 Å². The Kier molecular flexibility index (Phi) is 3.50. The third kappa shape index (κ3) is 2.06. The van der Waals surface area contributed by atoms with Crippen LogP contribution in [0.1, 0.15) is 21.5 Å². The van der Waals surface area contributed by atoms with Gasteiger partial charge in [0.1, 0.15) is 6.07 Å². The number of carboxylic acids is 1. The van der Waals surface area contributed by atoms with Gasteiger partial charge in [-0.2, -0.15) is 5.26 Å². The molecule has 0 radical (unpaired) electrons. The summed E-state index contributed by atoms with van der Waals surface area (Å²) in [5.41, 5.74) is 0.804. The lowest BCUT2D eigenvalue weighted by atomic mass is 10.1. The van der Waals surface area contributed by atoms with Gasteiger partial charge >= 0.3 is 5.97 Å². The van der Waals surface area contributed by atoms with Gasteiger partial charge in [-0.3, -0.25) is 0 Å².